The molecule has 30 heteroatoms. The van der Waals surface area contributed by atoms with Crippen molar-refractivity contribution in [1.82, 2.24) is 29.9 Å². The zero-order valence-electron chi connectivity index (χ0n) is 34.7. The average molecular weight is 957 g/mol. The molecule has 4 rings (SSSR count). The van der Waals surface area contributed by atoms with Gasteiger partial charge in [0.1, 0.15) is 27.2 Å². The maximum absolute atomic E-state index is 12.5. The Labute approximate surface area is 414 Å². The van der Waals surface area contributed by atoms with Gasteiger partial charge in [0.2, 0.25) is 35.7 Å². The summed E-state index contributed by atoms with van der Waals surface area (Å²) in [6.45, 7) is -0.538. The Morgan fingerprint density at radius 2 is 1.06 bits per heavy atom. The van der Waals surface area contributed by atoms with E-state index in [1.165, 1.54) is 42.5 Å². The summed E-state index contributed by atoms with van der Waals surface area (Å²) in [5.74, 6) is -0.308. The number of nitrogens with one attached hydrogen (secondary N) is 6. The fraction of sp³-hybridized carbons (Fsp3) is 0.412. The van der Waals surface area contributed by atoms with Gasteiger partial charge < -0.3 is 85.3 Å². The molecular formula is C34H46N12Na2O14S2. The summed E-state index contributed by atoms with van der Waals surface area (Å²) >= 11 is -3.07. The Balaban J connectivity index is 0.00000704. The van der Waals surface area contributed by atoms with Crippen molar-refractivity contribution in [2.45, 2.75) is 17.1 Å². The van der Waals surface area contributed by atoms with Gasteiger partial charge in [-0.3, -0.25) is 0 Å². The maximum Gasteiger partial charge on any atom is 1.00 e. The molecule has 26 nitrogen and oxygen atoms in total. The third-order valence-corrected chi connectivity index (χ3v) is 8.83. The zero-order valence-corrected chi connectivity index (χ0v) is 40.3. The van der Waals surface area contributed by atoms with Crippen molar-refractivity contribution >= 4 is 80.7 Å². The average Bonchev–Trinajstić information content (AvgIpc) is 3.24. The molecule has 0 saturated heterocycles. The van der Waals surface area contributed by atoms with E-state index in [2.05, 4.69) is 61.8 Å². The van der Waals surface area contributed by atoms with Crippen LogP contribution in [0, 0.1) is 0 Å². The monoisotopic (exact) mass is 956 g/mol. The first-order valence-corrected chi connectivity index (χ1v) is 20.9. The van der Waals surface area contributed by atoms with Crippen molar-refractivity contribution in [3.8, 4) is 5.75 Å². The van der Waals surface area contributed by atoms with Gasteiger partial charge in [-0.05, 0) is 29.8 Å². The first-order chi connectivity index (χ1) is 29.8. The Bertz CT molecular complexity index is 2210. The van der Waals surface area contributed by atoms with Crippen LogP contribution in [0.15, 0.2) is 41.3 Å². The molecule has 4 aromatic rings. The van der Waals surface area contributed by atoms with Gasteiger partial charge in [0.05, 0.1) is 70.0 Å². The van der Waals surface area contributed by atoms with Crippen molar-refractivity contribution in [3.05, 3.63) is 47.5 Å². The Morgan fingerprint density at radius 1 is 0.641 bits per heavy atom. The third-order valence-electron chi connectivity index (χ3n) is 7.62. The Hall–Kier alpha value is -3.50. The van der Waals surface area contributed by atoms with Gasteiger partial charge in [-0.15, -0.1) is 0 Å². The van der Waals surface area contributed by atoms with Gasteiger partial charge in [0.25, 0.3) is 0 Å². The number of benzene rings is 2. The van der Waals surface area contributed by atoms with Crippen LogP contribution in [-0.2, 0) is 31.0 Å². The predicted octanol–water partition coefficient (Wildman–Crippen LogP) is -7.83. The number of nitrogens with zero attached hydrogens (tertiary/aromatic N) is 6. The second-order valence-corrected chi connectivity index (χ2v) is 14.3. The molecule has 64 heavy (non-hydrogen) atoms. The molecule has 0 spiro atoms. The Morgan fingerprint density at radius 3 is 1.50 bits per heavy atom. The number of aliphatic hydroxyl groups excluding tert-OH is 6. The summed E-state index contributed by atoms with van der Waals surface area (Å²) in [5, 5.41) is 72.8. The third kappa shape index (κ3) is 20.3. The molecule has 340 valence electrons. The van der Waals surface area contributed by atoms with E-state index in [0.29, 0.717) is 0 Å². The zero-order chi connectivity index (χ0) is 44.9. The molecule has 0 aliphatic rings. The van der Waals surface area contributed by atoms with E-state index in [-0.39, 0.29) is 189 Å². The normalized spacial score (nSPS) is 12.6. The van der Waals surface area contributed by atoms with Crippen LogP contribution in [0.2, 0.25) is 0 Å². The molecule has 0 fully saturated rings. The van der Waals surface area contributed by atoms with E-state index in [1.807, 2.05) is 0 Å². The molecule has 0 radical (unpaired) electrons. The van der Waals surface area contributed by atoms with E-state index >= 15 is 0 Å². The molecule has 0 aliphatic carbocycles. The number of aliphatic hydroxyl groups is 6. The Kier molecular flexibility index (Phi) is 26.5. The molecule has 2 aromatic carbocycles. The van der Waals surface area contributed by atoms with Crippen molar-refractivity contribution in [2.24, 2.45) is 0 Å². The number of hydrogen-bond acceptors (Lipinski definition) is 26. The van der Waals surface area contributed by atoms with Crippen LogP contribution in [0.1, 0.15) is 11.1 Å². The fourth-order valence-corrected chi connectivity index (χ4v) is 5.82. The molecule has 3 atom stereocenters. The molecule has 12 N–H and O–H groups in total. The SMILES string of the molecule is O=S([O-])Oc1cc(Nc2nc(NCCOCCO)nc(NCC(O)CO)n2)ccc1C=Cc1ccc(Nc2nc(NCCOCCO)nc(NCC(O)CO)n2)cc1S(=O)(=O)[O-].[Na+].[Na+]. The van der Waals surface area contributed by atoms with Crippen LogP contribution in [0.25, 0.3) is 12.2 Å². The van der Waals surface area contributed by atoms with Crippen molar-refractivity contribution < 1.29 is 125 Å². The van der Waals surface area contributed by atoms with Crippen LogP contribution in [0.5, 0.6) is 5.75 Å². The van der Waals surface area contributed by atoms with Crippen molar-refractivity contribution in [3.63, 3.8) is 0 Å². The van der Waals surface area contributed by atoms with Gasteiger partial charge in [-0.2, -0.15) is 29.9 Å². The standard InChI is InChI=1S/C34H48N12O14S2.2Na/c47-9-13-58-11-7-35-29-41-31(37-17-25(51)19-49)45-33(43-29)39-23-5-3-21(27(15-23)60-61(53)54)1-2-22-4-6-24(16-28(22)62(55,56)57)40-34-44-30(36-8-12-59-14-10-48)42-32(46-34)38-18-26(52)20-50;;/h1-6,15-16,25-26,47-52H,7-14,17-20H2,(H,53,54)(H,55,56,57)(H3,35,37,39,41,43,45)(H3,36,38,40,42,44,46);;/q;2*+1/p-2. The topological polar surface area (TPSA) is 396 Å². The van der Waals surface area contributed by atoms with Crippen molar-refractivity contribution in [2.75, 3.05) is 111 Å². The number of ether oxygens (including phenoxy) is 2. The van der Waals surface area contributed by atoms with Crippen LogP contribution < -0.4 is 95.2 Å². The second kappa shape index (κ2) is 29.9. The minimum absolute atomic E-state index is 0. The fourth-order valence-electron chi connectivity index (χ4n) is 4.83. The van der Waals surface area contributed by atoms with Crippen LogP contribution >= 0.6 is 0 Å². The minimum Gasteiger partial charge on any atom is -0.744 e. The molecule has 3 unspecified atom stereocenters. The van der Waals surface area contributed by atoms with Gasteiger partial charge in [0.15, 0.2) is 0 Å². The molecule has 0 saturated carbocycles. The van der Waals surface area contributed by atoms with E-state index in [4.69, 9.17) is 23.9 Å². The van der Waals surface area contributed by atoms with Crippen molar-refractivity contribution in [1.29, 1.82) is 0 Å². The summed E-state index contributed by atoms with van der Waals surface area (Å²) in [6, 6.07) is 7.96. The molecule has 2 heterocycles. The molecule has 0 aliphatic heterocycles. The first kappa shape index (κ1) is 56.6. The van der Waals surface area contributed by atoms with E-state index in [9.17, 15) is 42.2 Å². The largest absolute Gasteiger partial charge is 1.00 e. The predicted molar refractivity (Wildman–Crippen MR) is 221 cm³/mol. The number of anilines is 8. The van der Waals surface area contributed by atoms with Gasteiger partial charge in [0, 0.05) is 49.2 Å². The summed E-state index contributed by atoms with van der Waals surface area (Å²) in [7, 11) is -5.12. The molecule has 0 bridgehead atoms. The summed E-state index contributed by atoms with van der Waals surface area (Å²) in [6.07, 6.45) is 0.309. The summed E-state index contributed by atoms with van der Waals surface area (Å²) < 4.78 is 76.3. The summed E-state index contributed by atoms with van der Waals surface area (Å²) in [4.78, 5) is 24.7. The maximum atomic E-state index is 12.5. The number of hydrogen-bond donors (Lipinski definition) is 12. The van der Waals surface area contributed by atoms with Gasteiger partial charge >= 0.3 is 59.1 Å². The van der Waals surface area contributed by atoms with E-state index in [1.54, 1.807) is 0 Å². The molecular weight excluding hydrogens is 911 g/mol. The summed E-state index contributed by atoms with van der Waals surface area (Å²) in [5.41, 5.74) is 0.342. The minimum atomic E-state index is -5.12. The van der Waals surface area contributed by atoms with Gasteiger partial charge in [-0.1, -0.05) is 18.2 Å². The van der Waals surface area contributed by atoms with Crippen LogP contribution in [0.4, 0.5) is 47.1 Å². The smallest absolute Gasteiger partial charge is 0.744 e. The van der Waals surface area contributed by atoms with Gasteiger partial charge in [-0.25, -0.2) is 12.6 Å². The first-order valence-electron chi connectivity index (χ1n) is 18.5. The second-order valence-electron chi connectivity index (χ2n) is 12.4. The number of aromatic nitrogens is 6. The quantitative estimate of drug-likeness (QED) is 0.00790. The molecule has 0 amide bonds. The van der Waals surface area contributed by atoms with Crippen LogP contribution in [-0.4, -0.2) is 174 Å². The van der Waals surface area contributed by atoms with E-state index in [0.717, 1.165) is 6.07 Å². The molecule has 2 aromatic heterocycles. The van der Waals surface area contributed by atoms with E-state index < -0.39 is 51.8 Å². The van der Waals surface area contributed by atoms with Crippen LogP contribution in [0.3, 0.4) is 0 Å². The number of rotatable bonds is 29.